The molecule has 0 aromatic heterocycles. The molecule has 2 unspecified atom stereocenters. The van der Waals surface area contributed by atoms with Crippen LogP contribution in [0.25, 0.3) is 0 Å². The summed E-state index contributed by atoms with van der Waals surface area (Å²) in [5.74, 6) is -0.759. The Morgan fingerprint density at radius 2 is 2.05 bits per heavy atom. The minimum absolute atomic E-state index is 0.167. The summed E-state index contributed by atoms with van der Waals surface area (Å²) in [6, 6.07) is 9.98. The van der Waals surface area contributed by atoms with Crippen molar-refractivity contribution in [2.45, 2.75) is 24.3 Å². The quantitative estimate of drug-likeness (QED) is 0.716. The maximum Gasteiger partial charge on any atom is 0.163 e. The number of benzene rings is 2. The van der Waals surface area contributed by atoms with Gasteiger partial charge in [-0.1, -0.05) is 40.2 Å². The van der Waals surface area contributed by atoms with Gasteiger partial charge in [0.15, 0.2) is 11.6 Å². The molecular weight excluding hydrogens is 326 g/mol. The predicted molar refractivity (Wildman–Crippen MR) is 77.4 cm³/mol. The van der Waals surface area contributed by atoms with E-state index in [0.29, 0.717) is 5.56 Å². The lowest BCUT2D eigenvalue weighted by Gasteiger charge is -2.13. The van der Waals surface area contributed by atoms with E-state index in [0.717, 1.165) is 29.4 Å². The Hall–Kier alpha value is -1.42. The first-order valence-electron chi connectivity index (χ1n) is 6.43. The van der Waals surface area contributed by atoms with Gasteiger partial charge in [-0.3, -0.25) is 0 Å². The Labute approximate surface area is 124 Å². The topological polar surface area (TPSA) is 9.23 Å². The molecule has 0 bridgehead atoms. The average molecular weight is 339 g/mol. The van der Waals surface area contributed by atoms with Crippen LogP contribution in [0.2, 0.25) is 0 Å². The molecule has 0 saturated heterocycles. The van der Waals surface area contributed by atoms with Crippen LogP contribution in [0.4, 0.5) is 8.78 Å². The third-order valence-corrected chi connectivity index (χ3v) is 4.49. The van der Waals surface area contributed by atoms with E-state index in [4.69, 9.17) is 4.74 Å². The van der Waals surface area contributed by atoms with Gasteiger partial charge in [0.1, 0.15) is 11.9 Å². The molecule has 1 heterocycles. The number of ether oxygens (including phenoxy) is 1. The van der Waals surface area contributed by atoms with Gasteiger partial charge < -0.3 is 4.74 Å². The molecule has 3 rings (SSSR count). The maximum absolute atomic E-state index is 13.8. The zero-order chi connectivity index (χ0) is 14.3. The summed E-state index contributed by atoms with van der Waals surface area (Å²) < 4.78 is 32.8. The molecule has 0 amide bonds. The second kappa shape index (κ2) is 5.17. The van der Waals surface area contributed by atoms with Gasteiger partial charge in [-0.2, -0.15) is 0 Å². The van der Waals surface area contributed by atoms with Crippen molar-refractivity contribution in [3.63, 3.8) is 0 Å². The number of alkyl halides is 1. The monoisotopic (exact) mass is 338 g/mol. The first-order chi connectivity index (χ1) is 9.56. The van der Waals surface area contributed by atoms with Crippen molar-refractivity contribution in [2.24, 2.45) is 0 Å². The van der Waals surface area contributed by atoms with Gasteiger partial charge in [0.05, 0.1) is 4.83 Å². The van der Waals surface area contributed by atoms with Crippen molar-refractivity contribution in [3.8, 4) is 5.75 Å². The van der Waals surface area contributed by atoms with Gasteiger partial charge in [0, 0.05) is 12.0 Å². The van der Waals surface area contributed by atoms with Crippen LogP contribution >= 0.6 is 15.9 Å². The fourth-order valence-electron chi connectivity index (χ4n) is 2.50. The molecule has 1 aliphatic rings. The molecule has 20 heavy (non-hydrogen) atoms. The number of hydrogen-bond donors (Lipinski definition) is 0. The molecule has 4 heteroatoms. The molecule has 2 aromatic carbocycles. The Balaban J connectivity index is 1.97. The fourth-order valence-corrected chi connectivity index (χ4v) is 3.13. The van der Waals surface area contributed by atoms with Crippen molar-refractivity contribution < 1.29 is 13.5 Å². The Morgan fingerprint density at radius 1 is 1.25 bits per heavy atom. The summed E-state index contributed by atoms with van der Waals surface area (Å²) in [4.78, 5) is -0.376. The van der Waals surface area contributed by atoms with E-state index in [1.165, 1.54) is 6.07 Å². The predicted octanol–water partition coefficient (Wildman–Crippen LogP) is 4.77. The standard InChI is InChI=1S/C16H13BrF2O/c1-9-7-11-8-10(5-6-14(11)20-9)15(17)12-3-2-4-13(18)16(12)19/h2-6,8-9,15H,7H2,1H3. The summed E-state index contributed by atoms with van der Waals surface area (Å²) in [7, 11) is 0. The van der Waals surface area contributed by atoms with Crippen molar-refractivity contribution in [2.75, 3.05) is 0 Å². The third kappa shape index (κ3) is 2.33. The van der Waals surface area contributed by atoms with E-state index in [-0.39, 0.29) is 10.9 Å². The van der Waals surface area contributed by atoms with Crippen molar-refractivity contribution in [1.82, 2.24) is 0 Å². The molecular formula is C16H13BrF2O. The van der Waals surface area contributed by atoms with Crippen LogP contribution in [-0.4, -0.2) is 6.10 Å². The minimum atomic E-state index is -0.829. The molecule has 1 nitrogen and oxygen atoms in total. The molecule has 0 spiro atoms. The van der Waals surface area contributed by atoms with Gasteiger partial charge in [-0.15, -0.1) is 0 Å². The lowest BCUT2D eigenvalue weighted by Crippen LogP contribution is -2.05. The van der Waals surface area contributed by atoms with E-state index in [1.54, 1.807) is 6.07 Å². The largest absolute Gasteiger partial charge is 0.490 e. The lowest BCUT2D eigenvalue weighted by atomic mass is 10.0. The summed E-state index contributed by atoms with van der Waals surface area (Å²) in [6.07, 6.45) is 1.01. The zero-order valence-corrected chi connectivity index (χ0v) is 12.5. The summed E-state index contributed by atoms with van der Waals surface area (Å²) >= 11 is 3.46. The second-order valence-corrected chi connectivity index (χ2v) is 5.92. The maximum atomic E-state index is 13.8. The van der Waals surface area contributed by atoms with Crippen LogP contribution in [-0.2, 0) is 6.42 Å². The molecule has 0 saturated carbocycles. The zero-order valence-electron chi connectivity index (χ0n) is 10.9. The van der Waals surface area contributed by atoms with E-state index >= 15 is 0 Å². The SMILES string of the molecule is CC1Cc2cc(C(Br)c3cccc(F)c3F)ccc2O1. The van der Waals surface area contributed by atoms with Gasteiger partial charge in [0.25, 0.3) is 0 Å². The molecule has 0 N–H and O–H groups in total. The van der Waals surface area contributed by atoms with E-state index < -0.39 is 11.6 Å². The molecule has 0 fully saturated rings. The summed E-state index contributed by atoms with van der Waals surface area (Å²) in [5.41, 5.74) is 2.30. The lowest BCUT2D eigenvalue weighted by molar-refractivity contribution is 0.254. The highest BCUT2D eigenvalue weighted by molar-refractivity contribution is 9.09. The van der Waals surface area contributed by atoms with Crippen LogP contribution in [0.15, 0.2) is 36.4 Å². The highest BCUT2D eigenvalue weighted by Crippen LogP contribution is 2.37. The normalized spacial score (nSPS) is 18.5. The highest BCUT2D eigenvalue weighted by Gasteiger charge is 2.22. The highest BCUT2D eigenvalue weighted by atomic mass is 79.9. The van der Waals surface area contributed by atoms with Crippen molar-refractivity contribution in [3.05, 3.63) is 64.7 Å². The summed E-state index contributed by atoms with van der Waals surface area (Å²) in [5, 5.41) is 0. The van der Waals surface area contributed by atoms with Crippen molar-refractivity contribution in [1.29, 1.82) is 0 Å². The molecule has 0 aliphatic carbocycles. The average Bonchev–Trinajstić information content (AvgIpc) is 2.80. The van der Waals surface area contributed by atoms with E-state index in [1.807, 2.05) is 25.1 Å². The minimum Gasteiger partial charge on any atom is -0.490 e. The van der Waals surface area contributed by atoms with Crippen molar-refractivity contribution >= 4 is 15.9 Å². The van der Waals surface area contributed by atoms with Gasteiger partial charge in [-0.25, -0.2) is 8.78 Å². The van der Waals surface area contributed by atoms with Crippen LogP contribution in [0.5, 0.6) is 5.75 Å². The first kappa shape index (κ1) is 13.6. The number of halogens is 3. The van der Waals surface area contributed by atoms with Gasteiger partial charge in [-0.05, 0) is 30.2 Å². The number of fused-ring (bicyclic) bond motifs is 1. The van der Waals surface area contributed by atoms with Crippen LogP contribution in [0.3, 0.4) is 0 Å². The van der Waals surface area contributed by atoms with Gasteiger partial charge in [0.2, 0.25) is 0 Å². The smallest absolute Gasteiger partial charge is 0.163 e. The molecule has 2 atom stereocenters. The third-order valence-electron chi connectivity index (χ3n) is 3.47. The molecule has 0 radical (unpaired) electrons. The second-order valence-electron chi connectivity index (χ2n) is 5.01. The van der Waals surface area contributed by atoms with E-state index in [9.17, 15) is 8.78 Å². The molecule has 1 aliphatic heterocycles. The fraction of sp³-hybridized carbons (Fsp3) is 0.250. The van der Waals surface area contributed by atoms with Crippen LogP contribution in [0, 0.1) is 11.6 Å². The Kier molecular flexibility index (Phi) is 3.50. The first-order valence-corrected chi connectivity index (χ1v) is 7.35. The Bertz CT molecular complexity index is 657. The molecule has 104 valence electrons. The number of rotatable bonds is 2. The number of hydrogen-bond acceptors (Lipinski definition) is 1. The molecule has 2 aromatic rings. The van der Waals surface area contributed by atoms with E-state index in [2.05, 4.69) is 15.9 Å². The Morgan fingerprint density at radius 3 is 2.85 bits per heavy atom. The summed E-state index contributed by atoms with van der Waals surface area (Å²) in [6.45, 7) is 2.01. The van der Waals surface area contributed by atoms with Crippen LogP contribution < -0.4 is 4.74 Å². The van der Waals surface area contributed by atoms with Crippen LogP contribution in [0.1, 0.15) is 28.4 Å². The van der Waals surface area contributed by atoms with Gasteiger partial charge >= 0.3 is 0 Å².